The number of aliphatic hydroxyl groups is 1. The highest BCUT2D eigenvalue weighted by molar-refractivity contribution is 6.35. The van der Waals surface area contributed by atoms with E-state index < -0.39 is 17.4 Å². The summed E-state index contributed by atoms with van der Waals surface area (Å²) in [6, 6.07) is 8.67. The monoisotopic (exact) mass is 484 g/mol. The van der Waals surface area contributed by atoms with E-state index in [9.17, 15) is 19.5 Å². The van der Waals surface area contributed by atoms with Gasteiger partial charge in [-0.15, -0.1) is 0 Å². The Labute approximate surface area is 203 Å². The smallest absolute Gasteiger partial charge is 0.253 e. The SMILES string of the molecule is CC(O)C(=O)c1c(Cl)cccc1N1CCC(CNC(=O)C2(NC(=O)c3cccnc3)CC2)CC1. The predicted molar refractivity (Wildman–Crippen MR) is 129 cm³/mol. The second-order valence-corrected chi connectivity index (χ2v) is 9.50. The van der Waals surface area contributed by atoms with Crippen LogP contribution in [0.5, 0.6) is 0 Å². The number of benzene rings is 1. The van der Waals surface area contributed by atoms with E-state index in [-0.39, 0.29) is 11.8 Å². The molecule has 4 rings (SSSR count). The van der Waals surface area contributed by atoms with E-state index in [2.05, 4.69) is 20.5 Å². The Hall–Kier alpha value is -2.97. The van der Waals surface area contributed by atoms with E-state index in [0.717, 1.165) is 18.5 Å². The molecule has 2 aliphatic rings. The molecule has 1 atom stereocenters. The van der Waals surface area contributed by atoms with Gasteiger partial charge < -0.3 is 20.6 Å². The molecule has 1 saturated heterocycles. The number of halogens is 1. The van der Waals surface area contributed by atoms with Crippen molar-refractivity contribution in [3.05, 3.63) is 58.9 Å². The van der Waals surface area contributed by atoms with Crippen LogP contribution < -0.4 is 15.5 Å². The average Bonchev–Trinajstić information content (AvgIpc) is 3.63. The standard InChI is InChI=1S/C25H29ClN4O4/c1-16(31)22(32)21-19(26)5-2-6-20(21)30-12-7-17(8-13-30)14-28-24(34)25(9-10-25)29-23(33)18-4-3-11-27-15-18/h2-6,11,15-17,31H,7-10,12-14H2,1H3,(H,28,34)(H,29,33). The van der Waals surface area contributed by atoms with Gasteiger partial charge in [0.05, 0.1) is 16.1 Å². The van der Waals surface area contributed by atoms with E-state index in [1.807, 2.05) is 6.07 Å². The maximum atomic E-state index is 12.8. The van der Waals surface area contributed by atoms with Crippen molar-refractivity contribution in [2.24, 2.45) is 5.92 Å². The van der Waals surface area contributed by atoms with Crippen LogP contribution in [-0.4, -0.2) is 59.0 Å². The molecule has 1 aromatic carbocycles. The van der Waals surface area contributed by atoms with Crippen LogP contribution in [0.25, 0.3) is 0 Å². The third-order valence-electron chi connectivity index (χ3n) is 6.59. The molecule has 1 aliphatic heterocycles. The fourth-order valence-corrected chi connectivity index (χ4v) is 4.60. The van der Waals surface area contributed by atoms with Crippen molar-refractivity contribution >= 4 is 34.9 Å². The summed E-state index contributed by atoms with van der Waals surface area (Å²) in [5, 5.41) is 16.0. The number of amides is 2. The van der Waals surface area contributed by atoms with E-state index in [1.165, 1.54) is 13.1 Å². The summed E-state index contributed by atoms with van der Waals surface area (Å²) < 4.78 is 0. The fraction of sp³-hybridized carbons (Fsp3) is 0.440. The molecule has 180 valence electrons. The molecule has 3 N–H and O–H groups in total. The molecule has 34 heavy (non-hydrogen) atoms. The number of nitrogens with one attached hydrogen (secondary N) is 2. The molecule has 1 aliphatic carbocycles. The largest absolute Gasteiger partial charge is 0.385 e. The number of Topliss-reactive ketones (excluding diaryl/α,β-unsaturated/α-hetero) is 1. The van der Waals surface area contributed by atoms with Crippen molar-refractivity contribution in [1.82, 2.24) is 15.6 Å². The Morgan fingerprint density at radius 2 is 1.94 bits per heavy atom. The van der Waals surface area contributed by atoms with Crippen molar-refractivity contribution < 1.29 is 19.5 Å². The number of piperidine rings is 1. The maximum Gasteiger partial charge on any atom is 0.253 e. The number of carbonyl (C=O) groups is 3. The number of rotatable bonds is 8. The third kappa shape index (κ3) is 5.23. The van der Waals surface area contributed by atoms with Crippen LogP contribution >= 0.6 is 11.6 Å². The number of nitrogens with zero attached hydrogens (tertiary/aromatic N) is 2. The van der Waals surface area contributed by atoms with Crippen LogP contribution in [-0.2, 0) is 4.79 Å². The van der Waals surface area contributed by atoms with E-state index in [4.69, 9.17) is 11.6 Å². The second-order valence-electron chi connectivity index (χ2n) is 9.09. The minimum Gasteiger partial charge on any atom is -0.385 e. The topological polar surface area (TPSA) is 112 Å². The summed E-state index contributed by atoms with van der Waals surface area (Å²) in [5.74, 6) is -0.539. The third-order valence-corrected chi connectivity index (χ3v) is 6.90. The maximum absolute atomic E-state index is 12.8. The van der Waals surface area contributed by atoms with Gasteiger partial charge in [-0.1, -0.05) is 17.7 Å². The number of hydrogen-bond acceptors (Lipinski definition) is 6. The van der Waals surface area contributed by atoms with Gasteiger partial charge >= 0.3 is 0 Å². The van der Waals surface area contributed by atoms with E-state index in [0.29, 0.717) is 54.5 Å². The summed E-state index contributed by atoms with van der Waals surface area (Å²) in [7, 11) is 0. The molecular weight excluding hydrogens is 456 g/mol. The molecule has 0 radical (unpaired) electrons. The first-order chi connectivity index (χ1) is 16.3. The zero-order valence-corrected chi connectivity index (χ0v) is 19.8. The average molecular weight is 485 g/mol. The fourth-order valence-electron chi connectivity index (χ4n) is 4.33. The number of anilines is 1. The summed E-state index contributed by atoms with van der Waals surface area (Å²) in [6.45, 7) is 3.40. The Balaban J connectivity index is 1.30. The van der Waals surface area contributed by atoms with Gasteiger partial charge in [0, 0.05) is 37.7 Å². The highest BCUT2D eigenvalue weighted by Crippen LogP contribution is 2.36. The number of pyridine rings is 1. The van der Waals surface area contributed by atoms with Crippen LogP contribution in [0.1, 0.15) is 53.3 Å². The first-order valence-corrected chi connectivity index (χ1v) is 11.9. The van der Waals surface area contributed by atoms with Gasteiger partial charge in [-0.25, -0.2) is 0 Å². The number of aliphatic hydroxyl groups excluding tert-OH is 1. The Morgan fingerprint density at radius 1 is 1.21 bits per heavy atom. The van der Waals surface area contributed by atoms with Gasteiger partial charge in [-0.3, -0.25) is 19.4 Å². The Morgan fingerprint density at radius 3 is 2.56 bits per heavy atom. The first kappa shape index (κ1) is 24.2. The van der Waals surface area contributed by atoms with Gasteiger partial charge in [-0.2, -0.15) is 0 Å². The number of carbonyl (C=O) groups excluding carboxylic acids is 3. The van der Waals surface area contributed by atoms with Crippen molar-refractivity contribution in [2.75, 3.05) is 24.5 Å². The van der Waals surface area contributed by atoms with Crippen LogP contribution in [0, 0.1) is 5.92 Å². The first-order valence-electron chi connectivity index (χ1n) is 11.6. The molecule has 1 saturated carbocycles. The van der Waals surface area contributed by atoms with Crippen molar-refractivity contribution in [1.29, 1.82) is 0 Å². The summed E-state index contributed by atoms with van der Waals surface area (Å²) in [4.78, 5) is 43.8. The molecule has 0 spiro atoms. The van der Waals surface area contributed by atoms with Crippen LogP contribution in [0.15, 0.2) is 42.7 Å². The molecule has 0 bridgehead atoms. The summed E-state index contributed by atoms with van der Waals surface area (Å²) in [6.07, 6.45) is 4.88. The second kappa shape index (κ2) is 10.1. The molecular formula is C25H29ClN4O4. The lowest BCUT2D eigenvalue weighted by atomic mass is 9.95. The molecule has 1 unspecified atom stereocenters. The molecule has 2 heterocycles. The van der Waals surface area contributed by atoms with Crippen LogP contribution in [0.2, 0.25) is 5.02 Å². The van der Waals surface area contributed by atoms with Crippen molar-refractivity contribution in [2.45, 2.75) is 44.2 Å². The lowest BCUT2D eigenvalue weighted by molar-refractivity contribution is -0.124. The van der Waals surface area contributed by atoms with E-state index in [1.54, 1.807) is 30.5 Å². The number of ketones is 1. The summed E-state index contributed by atoms with van der Waals surface area (Å²) in [5.41, 5.74) is 0.690. The van der Waals surface area contributed by atoms with Crippen molar-refractivity contribution in [3.63, 3.8) is 0 Å². The highest BCUT2D eigenvalue weighted by atomic mass is 35.5. The number of aromatic nitrogens is 1. The predicted octanol–water partition coefficient (Wildman–Crippen LogP) is 2.59. The molecule has 2 fully saturated rings. The van der Waals surface area contributed by atoms with Gasteiger partial charge in [0.1, 0.15) is 11.6 Å². The summed E-state index contributed by atoms with van der Waals surface area (Å²) >= 11 is 6.28. The lowest BCUT2D eigenvalue weighted by Crippen LogP contribution is -2.50. The minimum absolute atomic E-state index is 0.146. The van der Waals surface area contributed by atoms with Gasteiger partial charge in [0.2, 0.25) is 5.91 Å². The zero-order valence-electron chi connectivity index (χ0n) is 19.1. The molecule has 2 aromatic rings. The van der Waals surface area contributed by atoms with Gasteiger partial charge in [0.15, 0.2) is 5.78 Å². The van der Waals surface area contributed by atoms with Crippen LogP contribution in [0.3, 0.4) is 0 Å². The van der Waals surface area contributed by atoms with Gasteiger partial charge in [0.25, 0.3) is 5.91 Å². The molecule has 9 heteroatoms. The Kier molecular flexibility index (Phi) is 7.19. The van der Waals surface area contributed by atoms with E-state index >= 15 is 0 Å². The van der Waals surface area contributed by atoms with Crippen molar-refractivity contribution in [3.8, 4) is 0 Å². The van der Waals surface area contributed by atoms with Crippen LogP contribution in [0.4, 0.5) is 5.69 Å². The zero-order chi connectivity index (χ0) is 24.3. The van der Waals surface area contributed by atoms with Gasteiger partial charge in [-0.05, 0) is 62.8 Å². The molecule has 2 amide bonds. The molecule has 8 nitrogen and oxygen atoms in total. The lowest BCUT2D eigenvalue weighted by Gasteiger charge is -2.35. The quantitative estimate of drug-likeness (QED) is 0.496. The molecule has 1 aromatic heterocycles. The number of hydrogen-bond donors (Lipinski definition) is 3. The Bertz CT molecular complexity index is 1060. The normalized spacial score (nSPS) is 18.1. The minimum atomic E-state index is -1.13. The highest BCUT2D eigenvalue weighted by Gasteiger charge is 2.51.